The Morgan fingerprint density at radius 3 is 0.847 bits per heavy atom. The minimum Gasteiger partial charge on any atom is -0.462 e. The normalized spacial score (nSPS) is 12.3. The SMILES string of the molecule is CC/C=C\C/C=C\C/C=C\C/C=C\CCCCC(=O)OC(COC(=O)CCCCCCCCCCCCCCC)COC(=O)CCCCCCCCCCCCCCCCCCCCCCCCCCCC. The van der Waals surface area contributed by atoms with Crippen molar-refractivity contribution in [3.63, 3.8) is 0 Å². The van der Waals surface area contributed by atoms with E-state index in [9.17, 15) is 14.4 Å². The van der Waals surface area contributed by atoms with Gasteiger partial charge in [0.05, 0.1) is 0 Å². The monoisotopic (exact) mass is 1010 g/mol. The molecule has 420 valence electrons. The number of esters is 3. The molecule has 0 saturated heterocycles. The van der Waals surface area contributed by atoms with Gasteiger partial charge in [0, 0.05) is 19.3 Å². The van der Waals surface area contributed by atoms with Crippen molar-refractivity contribution in [1.29, 1.82) is 0 Å². The van der Waals surface area contributed by atoms with Gasteiger partial charge in [-0.25, -0.2) is 0 Å². The molecule has 0 aliphatic rings. The third kappa shape index (κ3) is 58.3. The molecule has 1 atom stereocenters. The van der Waals surface area contributed by atoms with Gasteiger partial charge in [0.15, 0.2) is 6.10 Å². The first kappa shape index (κ1) is 69.4. The lowest BCUT2D eigenvalue weighted by molar-refractivity contribution is -0.167. The first-order valence-corrected chi connectivity index (χ1v) is 31.6. The van der Waals surface area contributed by atoms with E-state index in [1.54, 1.807) is 0 Å². The molecule has 0 aliphatic carbocycles. The predicted molar refractivity (Wildman–Crippen MR) is 312 cm³/mol. The van der Waals surface area contributed by atoms with Crippen LogP contribution in [0.5, 0.6) is 0 Å². The van der Waals surface area contributed by atoms with Gasteiger partial charge in [0.25, 0.3) is 0 Å². The molecule has 0 N–H and O–H groups in total. The Morgan fingerprint density at radius 2 is 0.542 bits per heavy atom. The van der Waals surface area contributed by atoms with Gasteiger partial charge in [0.1, 0.15) is 13.2 Å². The highest BCUT2D eigenvalue weighted by Crippen LogP contribution is 2.18. The van der Waals surface area contributed by atoms with Gasteiger partial charge in [-0.3, -0.25) is 14.4 Å². The van der Waals surface area contributed by atoms with Crippen LogP contribution in [0, 0.1) is 0 Å². The summed E-state index contributed by atoms with van der Waals surface area (Å²) in [4.78, 5) is 38.2. The van der Waals surface area contributed by atoms with E-state index >= 15 is 0 Å². The van der Waals surface area contributed by atoms with Gasteiger partial charge < -0.3 is 14.2 Å². The van der Waals surface area contributed by atoms with E-state index in [4.69, 9.17) is 14.2 Å². The molecule has 6 heteroatoms. The van der Waals surface area contributed by atoms with Crippen molar-refractivity contribution >= 4 is 17.9 Å². The molecule has 0 bridgehead atoms. The largest absolute Gasteiger partial charge is 0.462 e. The maximum Gasteiger partial charge on any atom is 0.306 e. The van der Waals surface area contributed by atoms with Crippen molar-refractivity contribution in [2.75, 3.05) is 13.2 Å². The zero-order valence-electron chi connectivity index (χ0n) is 48.2. The van der Waals surface area contributed by atoms with Gasteiger partial charge in [0.2, 0.25) is 0 Å². The molecule has 0 aromatic rings. The van der Waals surface area contributed by atoms with Crippen molar-refractivity contribution in [2.24, 2.45) is 0 Å². The summed E-state index contributed by atoms with van der Waals surface area (Å²) in [5, 5.41) is 0. The summed E-state index contributed by atoms with van der Waals surface area (Å²) in [7, 11) is 0. The summed E-state index contributed by atoms with van der Waals surface area (Å²) in [5.41, 5.74) is 0. The summed E-state index contributed by atoms with van der Waals surface area (Å²) < 4.78 is 16.9. The molecule has 72 heavy (non-hydrogen) atoms. The Kier molecular flexibility index (Phi) is 58.7. The third-order valence-electron chi connectivity index (χ3n) is 14.1. The quantitative estimate of drug-likeness (QED) is 0.0261. The van der Waals surface area contributed by atoms with Crippen LogP contribution in [0.25, 0.3) is 0 Å². The van der Waals surface area contributed by atoms with Crippen molar-refractivity contribution in [3.8, 4) is 0 Å². The van der Waals surface area contributed by atoms with E-state index < -0.39 is 6.10 Å². The Hall–Kier alpha value is -2.63. The summed E-state index contributed by atoms with van der Waals surface area (Å²) in [6, 6.07) is 0. The maximum absolute atomic E-state index is 12.8. The third-order valence-corrected chi connectivity index (χ3v) is 14.1. The minimum atomic E-state index is -0.791. The summed E-state index contributed by atoms with van der Waals surface area (Å²) in [6.07, 6.45) is 75.6. The predicted octanol–water partition coefficient (Wildman–Crippen LogP) is 21.4. The van der Waals surface area contributed by atoms with E-state index in [0.29, 0.717) is 19.3 Å². The van der Waals surface area contributed by atoms with Crippen molar-refractivity contribution in [1.82, 2.24) is 0 Å². The van der Waals surface area contributed by atoms with E-state index in [1.165, 1.54) is 212 Å². The maximum atomic E-state index is 12.8. The molecular formula is C66H120O6. The summed E-state index contributed by atoms with van der Waals surface area (Å²) in [6.45, 7) is 6.54. The number of unbranched alkanes of at least 4 members (excludes halogenated alkanes) is 39. The summed E-state index contributed by atoms with van der Waals surface area (Å²) >= 11 is 0. The Balaban J connectivity index is 4.23. The Morgan fingerprint density at radius 1 is 0.292 bits per heavy atom. The molecule has 0 amide bonds. The number of carbonyl (C=O) groups excluding carboxylic acids is 3. The van der Waals surface area contributed by atoms with Gasteiger partial charge in [-0.2, -0.15) is 0 Å². The minimum absolute atomic E-state index is 0.0853. The lowest BCUT2D eigenvalue weighted by Gasteiger charge is -2.18. The average molecular weight is 1010 g/mol. The second-order valence-electron chi connectivity index (χ2n) is 21.3. The molecule has 0 aliphatic heterocycles. The highest BCUT2D eigenvalue weighted by molar-refractivity contribution is 5.71. The zero-order chi connectivity index (χ0) is 52.2. The molecule has 0 saturated carbocycles. The Labute approximate surface area is 448 Å². The molecule has 0 spiro atoms. The average Bonchev–Trinajstić information content (AvgIpc) is 3.38. The molecule has 0 radical (unpaired) electrons. The molecule has 6 nitrogen and oxygen atoms in total. The van der Waals surface area contributed by atoms with E-state index in [1.807, 2.05) is 0 Å². The van der Waals surface area contributed by atoms with E-state index in [0.717, 1.165) is 77.0 Å². The van der Waals surface area contributed by atoms with Crippen LogP contribution >= 0.6 is 0 Å². The number of carbonyl (C=O) groups is 3. The van der Waals surface area contributed by atoms with Crippen LogP contribution in [-0.2, 0) is 28.6 Å². The first-order chi connectivity index (χ1) is 35.5. The highest BCUT2D eigenvalue weighted by Gasteiger charge is 2.19. The van der Waals surface area contributed by atoms with Crippen molar-refractivity contribution < 1.29 is 28.6 Å². The molecule has 0 rings (SSSR count). The van der Waals surface area contributed by atoms with E-state index in [-0.39, 0.29) is 37.5 Å². The fourth-order valence-corrected chi connectivity index (χ4v) is 9.38. The smallest absolute Gasteiger partial charge is 0.306 e. The van der Waals surface area contributed by atoms with Crippen molar-refractivity contribution in [2.45, 2.75) is 341 Å². The number of rotatable bonds is 58. The number of hydrogen-bond donors (Lipinski definition) is 0. The van der Waals surface area contributed by atoms with E-state index in [2.05, 4.69) is 69.4 Å². The summed E-state index contributed by atoms with van der Waals surface area (Å²) in [5.74, 6) is -0.908. The van der Waals surface area contributed by atoms with Crippen LogP contribution in [0.3, 0.4) is 0 Å². The lowest BCUT2D eigenvalue weighted by atomic mass is 10.0. The second kappa shape index (κ2) is 60.9. The van der Waals surface area contributed by atoms with Gasteiger partial charge in [-0.15, -0.1) is 0 Å². The molecular weight excluding hydrogens is 889 g/mol. The first-order valence-electron chi connectivity index (χ1n) is 31.6. The fourth-order valence-electron chi connectivity index (χ4n) is 9.38. The molecule has 0 aromatic carbocycles. The molecule has 0 fully saturated rings. The van der Waals surface area contributed by atoms with Gasteiger partial charge >= 0.3 is 17.9 Å². The van der Waals surface area contributed by atoms with Crippen molar-refractivity contribution in [3.05, 3.63) is 48.6 Å². The fraction of sp³-hybridized carbons (Fsp3) is 0.833. The number of ether oxygens (including phenoxy) is 3. The van der Waals surface area contributed by atoms with Crippen LogP contribution in [0.1, 0.15) is 335 Å². The van der Waals surface area contributed by atoms with Crippen LogP contribution < -0.4 is 0 Å². The van der Waals surface area contributed by atoms with Gasteiger partial charge in [-0.1, -0.05) is 307 Å². The van der Waals surface area contributed by atoms with Crippen LogP contribution in [0.15, 0.2) is 48.6 Å². The molecule has 1 unspecified atom stereocenters. The van der Waals surface area contributed by atoms with Crippen LogP contribution in [0.2, 0.25) is 0 Å². The molecule has 0 aromatic heterocycles. The second-order valence-corrected chi connectivity index (χ2v) is 21.3. The highest BCUT2D eigenvalue weighted by atomic mass is 16.6. The topological polar surface area (TPSA) is 78.9 Å². The number of allylic oxidation sites excluding steroid dienone is 8. The lowest BCUT2D eigenvalue weighted by Crippen LogP contribution is -2.30. The van der Waals surface area contributed by atoms with Crippen LogP contribution in [-0.4, -0.2) is 37.2 Å². The standard InChI is InChI=1S/C66H120O6/c1-4-7-10-13-16-19-22-25-27-28-29-30-31-32-33-34-35-36-37-39-41-44-47-50-53-56-59-65(68)71-62-63(61-70-64(67)58-55-52-49-46-43-40-24-21-18-15-12-9-6-3)72-66(69)60-57-54-51-48-45-42-38-26-23-20-17-14-11-8-5-2/h8,11,17,20,26,38,45,48,63H,4-7,9-10,12-16,18-19,21-25,27-37,39-44,46-47,49-62H2,1-3H3/b11-8-,20-17-,38-26-,48-45-. The zero-order valence-corrected chi connectivity index (χ0v) is 48.2. The Bertz CT molecular complexity index is 1250. The molecule has 0 heterocycles. The van der Waals surface area contributed by atoms with Gasteiger partial charge in [-0.05, 0) is 57.8 Å². The number of hydrogen-bond acceptors (Lipinski definition) is 6. The van der Waals surface area contributed by atoms with Crippen LogP contribution in [0.4, 0.5) is 0 Å².